The molecule has 0 saturated heterocycles. The third-order valence-corrected chi connectivity index (χ3v) is 7.06. The number of thiocarbonyl (C=S) groups is 1. The molecule has 0 unspecified atom stereocenters. The molecule has 1 aliphatic heterocycles. The maximum atomic E-state index is 13.0. The van der Waals surface area contributed by atoms with Crippen molar-refractivity contribution in [2.24, 2.45) is 0 Å². The molecule has 4 N–H and O–H groups in total. The lowest BCUT2D eigenvalue weighted by atomic mass is 10.2. The van der Waals surface area contributed by atoms with Crippen LogP contribution in [0.4, 0.5) is 5.69 Å². The molecule has 0 aliphatic carbocycles. The summed E-state index contributed by atoms with van der Waals surface area (Å²) in [6.45, 7) is 2.67. The van der Waals surface area contributed by atoms with E-state index in [4.69, 9.17) is 21.7 Å². The Morgan fingerprint density at radius 3 is 2.58 bits per heavy atom. The van der Waals surface area contributed by atoms with Gasteiger partial charge in [0.1, 0.15) is 19.3 Å². The van der Waals surface area contributed by atoms with Crippen LogP contribution in [0.5, 0.6) is 11.5 Å². The first kappa shape index (κ1) is 25.1. The van der Waals surface area contributed by atoms with Crippen LogP contribution in [0.3, 0.4) is 0 Å². The molecule has 1 amide bonds. The highest BCUT2D eigenvalue weighted by Gasteiger charge is 2.27. The number of hydrogen-bond donors (Lipinski definition) is 4. The van der Waals surface area contributed by atoms with Gasteiger partial charge in [0.05, 0.1) is 4.90 Å². The summed E-state index contributed by atoms with van der Waals surface area (Å²) in [7, 11) is -3.99. The zero-order valence-corrected chi connectivity index (χ0v) is 20.7. The fourth-order valence-electron chi connectivity index (χ4n) is 3.00. The minimum atomic E-state index is -3.99. The molecule has 178 valence electrons. The fraction of sp³-hybridized carbons (Fsp3) is 0.333. The largest absolute Gasteiger partial charge is 0.486 e. The average Bonchev–Trinajstić information content (AvgIpc) is 2.81. The van der Waals surface area contributed by atoms with Crippen LogP contribution in [-0.4, -0.2) is 50.7 Å². The summed E-state index contributed by atoms with van der Waals surface area (Å²) in [4.78, 5) is 12.8. The molecule has 3 rings (SSSR count). The van der Waals surface area contributed by atoms with Crippen LogP contribution in [-0.2, 0) is 14.8 Å². The first-order valence-electron chi connectivity index (χ1n) is 10.1. The third-order valence-electron chi connectivity index (χ3n) is 4.74. The Bertz CT molecular complexity index is 1110. The molecule has 0 radical (unpaired) electrons. The predicted octanol–water partition coefficient (Wildman–Crippen LogP) is 2.18. The van der Waals surface area contributed by atoms with Crippen molar-refractivity contribution in [2.45, 2.75) is 24.3 Å². The molecule has 1 atom stereocenters. The van der Waals surface area contributed by atoms with E-state index in [1.807, 2.05) is 37.4 Å². The summed E-state index contributed by atoms with van der Waals surface area (Å²) < 4.78 is 39.3. The van der Waals surface area contributed by atoms with Gasteiger partial charge in [0.15, 0.2) is 16.6 Å². The molecule has 12 heteroatoms. The van der Waals surface area contributed by atoms with E-state index >= 15 is 0 Å². The van der Waals surface area contributed by atoms with Crippen molar-refractivity contribution in [3.63, 3.8) is 0 Å². The van der Waals surface area contributed by atoms with Crippen molar-refractivity contribution in [2.75, 3.05) is 30.5 Å². The quantitative estimate of drug-likeness (QED) is 0.313. The summed E-state index contributed by atoms with van der Waals surface area (Å²) in [6, 6.07) is 10.9. The molecule has 0 aromatic heterocycles. The van der Waals surface area contributed by atoms with Crippen LogP contribution in [0.1, 0.15) is 12.0 Å². The summed E-state index contributed by atoms with van der Waals surface area (Å²) in [5.74, 6) is 0.853. The van der Waals surface area contributed by atoms with Crippen molar-refractivity contribution in [3.05, 3.63) is 48.0 Å². The number of rotatable bonds is 8. The maximum absolute atomic E-state index is 13.0. The molecule has 1 aliphatic rings. The highest BCUT2D eigenvalue weighted by molar-refractivity contribution is 7.98. The van der Waals surface area contributed by atoms with Gasteiger partial charge in [0, 0.05) is 11.8 Å². The molecule has 0 spiro atoms. The second kappa shape index (κ2) is 11.5. The van der Waals surface area contributed by atoms with Gasteiger partial charge < -0.3 is 14.8 Å². The van der Waals surface area contributed by atoms with Crippen LogP contribution in [0, 0.1) is 6.92 Å². The second-order valence-electron chi connectivity index (χ2n) is 7.14. The number of hydrazine groups is 1. The second-order valence-corrected chi connectivity index (χ2v) is 10.3. The van der Waals surface area contributed by atoms with Crippen molar-refractivity contribution < 1.29 is 22.7 Å². The number of amides is 1. The van der Waals surface area contributed by atoms with Crippen LogP contribution < -0.4 is 30.4 Å². The third kappa shape index (κ3) is 6.97. The molecule has 0 bridgehead atoms. The Morgan fingerprint density at radius 1 is 1.12 bits per heavy atom. The molecule has 0 fully saturated rings. The lowest BCUT2D eigenvalue weighted by Crippen LogP contribution is -2.53. The van der Waals surface area contributed by atoms with Crippen LogP contribution in [0.2, 0.25) is 0 Å². The number of carbonyl (C=O) groups is 1. The molecular formula is C21H26N4O5S3. The Hall–Kier alpha value is -2.54. The molecule has 1 heterocycles. The molecular weight excluding hydrogens is 484 g/mol. The number of ether oxygens (including phenoxy) is 2. The summed E-state index contributed by atoms with van der Waals surface area (Å²) in [5.41, 5.74) is 6.88. The minimum absolute atomic E-state index is 0.0154. The van der Waals surface area contributed by atoms with Crippen LogP contribution in [0.25, 0.3) is 0 Å². The monoisotopic (exact) mass is 510 g/mol. The Labute approximate surface area is 203 Å². The molecule has 0 saturated carbocycles. The fourth-order valence-corrected chi connectivity index (χ4v) is 4.87. The number of sulfonamides is 1. The van der Waals surface area contributed by atoms with Gasteiger partial charge in [-0.1, -0.05) is 18.2 Å². The number of thioether (sulfide) groups is 1. The van der Waals surface area contributed by atoms with Gasteiger partial charge in [-0.15, -0.1) is 0 Å². The molecule has 2 aromatic rings. The number of aryl methyl sites for hydroxylation is 1. The lowest BCUT2D eigenvalue weighted by molar-refractivity contribution is -0.123. The SMILES string of the molecule is CSCC[C@H](NS(=O)(=O)c1ccc2c(c1)OCCO2)C(=O)NNC(=S)Nc1ccccc1C. The van der Waals surface area contributed by atoms with Crippen molar-refractivity contribution in [1.82, 2.24) is 15.6 Å². The summed E-state index contributed by atoms with van der Waals surface area (Å²) in [5, 5.41) is 3.16. The zero-order chi connectivity index (χ0) is 23.8. The van der Waals surface area contributed by atoms with Gasteiger partial charge in [-0.25, -0.2) is 8.42 Å². The van der Waals surface area contributed by atoms with Crippen LogP contribution >= 0.6 is 24.0 Å². The number of nitrogens with one attached hydrogen (secondary N) is 4. The smallest absolute Gasteiger partial charge is 0.256 e. The Kier molecular flexibility index (Phi) is 8.78. The van der Waals surface area contributed by atoms with E-state index in [0.29, 0.717) is 30.5 Å². The Balaban J connectivity index is 1.65. The highest BCUT2D eigenvalue weighted by atomic mass is 32.2. The summed E-state index contributed by atoms with van der Waals surface area (Å²) in [6.07, 6.45) is 2.17. The van der Waals surface area contributed by atoms with Crippen molar-refractivity contribution >= 4 is 50.7 Å². The van der Waals surface area contributed by atoms with E-state index in [2.05, 4.69) is 20.9 Å². The standard InChI is InChI=1S/C21H26N4O5S3/c1-14-5-3-4-6-16(14)22-21(31)24-23-20(26)17(9-12-32-2)25-33(27,28)15-7-8-18-19(13-15)30-11-10-29-18/h3-8,13,17,25H,9-12H2,1-2H3,(H,23,26)(H2,22,24,31)/t17-/m0/s1. The van der Waals surface area contributed by atoms with Crippen molar-refractivity contribution in [1.29, 1.82) is 0 Å². The van der Waals surface area contributed by atoms with E-state index in [9.17, 15) is 13.2 Å². The predicted molar refractivity (Wildman–Crippen MR) is 133 cm³/mol. The van der Waals surface area contributed by atoms with E-state index in [-0.39, 0.29) is 16.4 Å². The van der Waals surface area contributed by atoms with E-state index < -0.39 is 22.0 Å². The number of carbonyl (C=O) groups excluding carboxylic acids is 1. The van der Waals surface area contributed by atoms with Gasteiger partial charge in [0.25, 0.3) is 5.91 Å². The van der Waals surface area contributed by atoms with E-state index in [1.54, 1.807) is 0 Å². The first-order chi connectivity index (χ1) is 15.8. The van der Waals surface area contributed by atoms with E-state index in [1.165, 1.54) is 30.0 Å². The van der Waals surface area contributed by atoms with Gasteiger partial charge in [0.2, 0.25) is 10.0 Å². The van der Waals surface area contributed by atoms with E-state index in [0.717, 1.165) is 11.3 Å². The maximum Gasteiger partial charge on any atom is 0.256 e. The van der Waals surface area contributed by atoms with Gasteiger partial charge in [-0.3, -0.25) is 15.6 Å². The molecule has 33 heavy (non-hydrogen) atoms. The number of anilines is 1. The van der Waals surface area contributed by atoms with Gasteiger partial charge in [-0.05, 0) is 61.3 Å². The average molecular weight is 511 g/mol. The van der Waals surface area contributed by atoms with Crippen LogP contribution in [0.15, 0.2) is 47.4 Å². The topological polar surface area (TPSA) is 118 Å². The number of para-hydroxylation sites is 1. The lowest BCUT2D eigenvalue weighted by Gasteiger charge is -2.21. The zero-order valence-electron chi connectivity index (χ0n) is 18.2. The summed E-state index contributed by atoms with van der Waals surface area (Å²) >= 11 is 6.73. The molecule has 2 aromatic carbocycles. The first-order valence-corrected chi connectivity index (χ1v) is 13.4. The number of hydrogen-bond acceptors (Lipinski definition) is 7. The van der Waals surface area contributed by atoms with Crippen molar-refractivity contribution in [3.8, 4) is 11.5 Å². The Morgan fingerprint density at radius 2 is 1.85 bits per heavy atom. The number of benzene rings is 2. The minimum Gasteiger partial charge on any atom is -0.486 e. The van der Waals surface area contributed by atoms with Gasteiger partial charge in [-0.2, -0.15) is 16.5 Å². The number of fused-ring (bicyclic) bond motifs is 1. The highest BCUT2D eigenvalue weighted by Crippen LogP contribution is 2.32. The van der Waals surface area contributed by atoms with Gasteiger partial charge >= 0.3 is 0 Å². The normalized spacial score (nSPS) is 13.6. The molecule has 9 nitrogen and oxygen atoms in total.